The Morgan fingerprint density at radius 3 is 2.70 bits per heavy atom. The fourth-order valence-electron chi connectivity index (χ4n) is 2.20. The van der Waals surface area contributed by atoms with Crippen LogP contribution in [0, 0.1) is 18.8 Å². The van der Waals surface area contributed by atoms with E-state index in [1.807, 2.05) is 6.92 Å². The largest absolute Gasteiger partial charge is 0.478 e. The van der Waals surface area contributed by atoms with Crippen LogP contribution in [0.1, 0.15) is 35.7 Å². The molecule has 0 aromatic heterocycles. The summed E-state index contributed by atoms with van der Waals surface area (Å²) >= 11 is 0. The lowest BCUT2D eigenvalue weighted by Gasteiger charge is -2.13. The number of rotatable bonds is 5. The Hall–Kier alpha value is -2.04. The van der Waals surface area contributed by atoms with Crippen LogP contribution in [0.3, 0.4) is 0 Å². The van der Waals surface area contributed by atoms with E-state index in [0.717, 1.165) is 11.5 Å². The molecule has 20 heavy (non-hydrogen) atoms. The molecule has 5 heteroatoms. The highest BCUT2D eigenvalue weighted by Gasteiger charge is 2.27. The summed E-state index contributed by atoms with van der Waals surface area (Å²) in [6, 6.07) is 4.58. The topological polar surface area (TPSA) is 78.4 Å². The van der Waals surface area contributed by atoms with Crippen molar-refractivity contribution in [3.05, 3.63) is 29.3 Å². The van der Waals surface area contributed by atoms with E-state index in [9.17, 15) is 9.59 Å². The molecule has 1 aliphatic carbocycles. The third-order valence-corrected chi connectivity index (χ3v) is 3.67. The maximum Gasteiger partial charge on any atom is 0.337 e. The van der Waals surface area contributed by atoms with Crippen molar-refractivity contribution in [2.75, 3.05) is 11.9 Å². The van der Waals surface area contributed by atoms with E-state index in [4.69, 9.17) is 5.11 Å². The van der Waals surface area contributed by atoms with Crippen molar-refractivity contribution in [1.82, 2.24) is 5.32 Å². The monoisotopic (exact) mass is 276 g/mol. The number of carboxylic acids is 1. The molecule has 1 saturated carbocycles. The predicted molar refractivity (Wildman–Crippen MR) is 77.0 cm³/mol. The molecule has 0 heterocycles. The highest BCUT2D eigenvalue weighted by molar-refractivity contribution is 6.00. The molecule has 2 rings (SSSR count). The number of carboxylic acid groups (broad SMARTS) is 1. The Bertz CT molecular complexity index is 524. The molecule has 1 fully saturated rings. The lowest BCUT2D eigenvalue weighted by molar-refractivity contribution is 0.0698. The number of amides is 2. The van der Waals surface area contributed by atoms with E-state index >= 15 is 0 Å². The number of hydrogen-bond donors (Lipinski definition) is 3. The van der Waals surface area contributed by atoms with Gasteiger partial charge in [-0.2, -0.15) is 0 Å². The number of anilines is 1. The van der Waals surface area contributed by atoms with Gasteiger partial charge in [-0.15, -0.1) is 0 Å². The van der Waals surface area contributed by atoms with E-state index in [1.54, 1.807) is 18.2 Å². The predicted octanol–water partition coefficient (Wildman–Crippen LogP) is 2.86. The smallest absolute Gasteiger partial charge is 0.337 e. The first-order valence-corrected chi connectivity index (χ1v) is 6.86. The van der Waals surface area contributed by atoms with Gasteiger partial charge in [0.1, 0.15) is 0 Å². The van der Waals surface area contributed by atoms with Crippen LogP contribution in [0.5, 0.6) is 0 Å². The third-order valence-electron chi connectivity index (χ3n) is 3.67. The Morgan fingerprint density at radius 1 is 1.40 bits per heavy atom. The van der Waals surface area contributed by atoms with Crippen LogP contribution in [0.15, 0.2) is 18.2 Å². The highest BCUT2D eigenvalue weighted by atomic mass is 16.4. The zero-order valence-corrected chi connectivity index (χ0v) is 11.8. The summed E-state index contributed by atoms with van der Waals surface area (Å²) in [4.78, 5) is 23.0. The second kappa shape index (κ2) is 5.94. The van der Waals surface area contributed by atoms with Crippen LogP contribution in [0.25, 0.3) is 0 Å². The lowest BCUT2D eigenvalue weighted by atomic mass is 10.1. The molecule has 0 radical (unpaired) electrons. The molecule has 0 saturated heterocycles. The van der Waals surface area contributed by atoms with Crippen LogP contribution in [0.2, 0.25) is 0 Å². The van der Waals surface area contributed by atoms with E-state index in [2.05, 4.69) is 17.6 Å². The normalized spacial score (nSPS) is 15.5. The van der Waals surface area contributed by atoms with Gasteiger partial charge in [0.25, 0.3) is 0 Å². The van der Waals surface area contributed by atoms with Crippen molar-refractivity contribution < 1.29 is 14.7 Å². The molecule has 0 spiro atoms. The molecule has 5 nitrogen and oxygen atoms in total. The van der Waals surface area contributed by atoms with Gasteiger partial charge in [0.05, 0.1) is 11.3 Å². The SMILES string of the molecule is Cc1ccc(NC(=O)NCC(C)C2CC2)c(C(=O)O)c1. The third kappa shape index (κ3) is 3.73. The number of carbonyl (C=O) groups is 2. The van der Waals surface area contributed by atoms with Crippen molar-refractivity contribution in [1.29, 1.82) is 0 Å². The summed E-state index contributed by atoms with van der Waals surface area (Å²) in [5.41, 5.74) is 1.27. The van der Waals surface area contributed by atoms with Crippen molar-refractivity contribution in [2.24, 2.45) is 11.8 Å². The molecule has 2 amide bonds. The van der Waals surface area contributed by atoms with Crippen molar-refractivity contribution in [2.45, 2.75) is 26.7 Å². The van der Waals surface area contributed by atoms with Gasteiger partial charge < -0.3 is 15.7 Å². The van der Waals surface area contributed by atoms with Gasteiger partial charge in [-0.25, -0.2) is 9.59 Å². The molecule has 0 aliphatic heterocycles. The van der Waals surface area contributed by atoms with Crippen molar-refractivity contribution in [3.8, 4) is 0 Å². The first-order valence-electron chi connectivity index (χ1n) is 6.86. The molecule has 1 aliphatic rings. The average Bonchev–Trinajstić information content (AvgIpc) is 3.22. The molecule has 3 N–H and O–H groups in total. The molecule has 108 valence electrons. The molecule has 1 aromatic carbocycles. The summed E-state index contributed by atoms with van der Waals surface area (Å²) in [6.07, 6.45) is 2.48. The van der Waals surface area contributed by atoms with Gasteiger partial charge in [0.15, 0.2) is 0 Å². The highest BCUT2D eigenvalue weighted by Crippen LogP contribution is 2.36. The van der Waals surface area contributed by atoms with Gasteiger partial charge in [-0.05, 0) is 43.7 Å². The fraction of sp³-hybridized carbons (Fsp3) is 0.467. The molecule has 1 unspecified atom stereocenters. The van der Waals surface area contributed by atoms with Crippen molar-refractivity contribution >= 4 is 17.7 Å². The van der Waals surface area contributed by atoms with Crippen LogP contribution in [-0.2, 0) is 0 Å². The summed E-state index contributed by atoms with van der Waals surface area (Å²) in [6.45, 7) is 4.55. The standard InChI is InChI=1S/C15H20N2O3/c1-9-3-6-13(12(7-9)14(18)19)17-15(20)16-8-10(2)11-4-5-11/h3,6-7,10-11H,4-5,8H2,1-2H3,(H,18,19)(H2,16,17,20). The van der Waals surface area contributed by atoms with Crippen molar-refractivity contribution in [3.63, 3.8) is 0 Å². The number of urea groups is 1. The summed E-state index contributed by atoms with van der Waals surface area (Å²) in [5.74, 6) is 0.150. The van der Waals surface area contributed by atoms with Crippen LogP contribution < -0.4 is 10.6 Å². The molecular weight excluding hydrogens is 256 g/mol. The number of benzene rings is 1. The lowest BCUT2D eigenvalue weighted by Crippen LogP contribution is -2.33. The number of nitrogens with one attached hydrogen (secondary N) is 2. The van der Waals surface area contributed by atoms with E-state index in [0.29, 0.717) is 18.2 Å². The number of aromatic carboxylic acids is 1. The van der Waals surface area contributed by atoms with Gasteiger partial charge in [0.2, 0.25) is 0 Å². The van der Waals surface area contributed by atoms with Crippen LogP contribution in [-0.4, -0.2) is 23.7 Å². The summed E-state index contributed by atoms with van der Waals surface area (Å²) in [5, 5.41) is 14.5. The molecular formula is C15H20N2O3. The van der Waals surface area contributed by atoms with Gasteiger partial charge in [-0.3, -0.25) is 0 Å². The average molecular weight is 276 g/mol. The minimum absolute atomic E-state index is 0.107. The van der Waals surface area contributed by atoms with Gasteiger partial charge in [-0.1, -0.05) is 18.6 Å². The Morgan fingerprint density at radius 2 is 2.10 bits per heavy atom. The molecule has 0 bridgehead atoms. The van der Waals surface area contributed by atoms with Gasteiger partial charge >= 0.3 is 12.0 Å². The minimum atomic E-state index is -1.05. The van der Waals surface area contributed by atoms with E-state index in [-0.39, 0.29) is 11.6 Å². The summed E-state index contributed by atoms with van der Waals surface area (Å²) in [7, 11) is 0. The number of carbonyl (C=O) groups excluding carboxylic acids is 1. The minimum Gasteiger partial charge on any atom is -0.478 e. The van der Waals surface area contributed by atoms with Gasteiger partial charge in [0, 0.05) is 6.54 Å². The maximum absolute atomic E-state index is 11.8. The quantitative estimate of drug-likeness (QED) is 0.773. The van der Waals surface area contributed by atoms with Crippen LogP contribution in [0.4, 0.5) is 10.5 Å². The van der Waals surface area contributed by atoms with E-state index in [1.165, 1.54) is 12.8 Å². The second-order valence-corrected chi connectivity index (χ2v) is 5.50. The number of aryl methyl sites for hydroxylation is 1. The van der Waals surface area contributed by atoms with E-state index < -0.39 is 5.97 Å². The second-order valence-electron chi connectivity index (χ2n) is 5.50. The Balaban J connectivity index is 1.94. The first-order chi connectivity index (χ1) is 9.47. The zero-order valence-electron chi connectivity index (χ0n) is 11.8. The maximum atomic E-state index is 11.8. The number of hydrogen-bond acceptors (Lipinski definition) is 2. The zero-order chi connectivity index (χ0) is 14.7. The summed E-state index contributed by atoms with van der Waals surface area (Å²) < 4.78 is 0. The Kier molecular flexibility index (Phi) is 4.27. The van der Waals surface area contributed by atoms with Crippen LogP contribution >= 0.6 is 0 Å². The molecule has 1 atom stereocenters. The Labute approximate surface area is 118 Å². The molecule has 1 aromatic rings. The first kappa shape index (κ1) is 14.4. The fourth-order valence-corrected chi connectivity index (χ4v) is 2.20.